The van der Waals surface area contributed by atoms with Crippen LogP contribution in [0.4, 0.5) is 0 Å². The minimum absolute atomic E-state index is 0.00273. The normalized spacial score (nSPS) is 33.1. The van der Waals surface area contributed by atoms with Crippen LogP contribution in [0.3, 0.4) is 0 Å². The summed E-state index contributed by atoms with van der Waals surface area (Å²) in [6.07, 6.45) is 4.93. The molecule has 0 bridgehead atoms. The molecule has 0 saturated heterocycles. The highest BCUT2D eigenvalue weighted by Gasteiger charge is 2.49. The molecule has 2 atom stereocenters. The monoisotopic (exact) mass is 260 g/mol. The summed E-state index contributed by atoms with van der Waals surface area (Å²) >= 11 is 0. The third-order valence-corrected chi connectivity index (χ3v) is 5.27. The average Bonchev–Trinajstić information content (AvgIpc) is 2.64. The Kier molecular flexibility index (Phi) is 3.18. The van der Waals surface area contributed by atoms with Crippen LogP contribution >= 0.6 is 0 Å². The number of fused-ring (bicyclic) bond motifs is 1. The Morgan fingerprint density at radius 3 is 2.79 bits per heavy atom. The predicted molar refractivity (Wildman–Crippen MR) is 76.0 cm³/mol. The van der Waals surface area contributed by atoms with Gasteiger partial charge in [-0.1, -0.05) is 38.1 Å². The van der Waals surface area contributed by atoms with Crippen LogP contribution in [0.2, 0.25) is 0 Å². The molecule has 1 fully saturated rings. The molecule has 1 aromatic rings. The minimum atomic E-state index is -0.581. The number of rotatable bonds is 2. The summed E-state index contributed by atoms with van der Waals surface area (Å²) in [6.45, 7) is 5.15. The van der Waals surface area contributed by atoms with E-state index in [1.165, 1.54) is 11.1 Å². The molecule has 1 aromatic carbocycles. The molecule has 1 aliphatic carbocycles. The van der Waals surface area contributed by atoms with Crippen LogP contribution in [0.15, 0.2) is 24.3 Å². The first kappa shape index (κ1) is 13.1. The molecule has 0 radical (unpaired) electrons. The van der Waals surface area contributed by atoms with E-state index in [2.05, 4.69) is 38.1 Å². The van der Waals surface area contributed by atoms with Crippen LogP contribution in [0.1, 0.15) is 56.8 Å². The molecule has 2 nitrogen and oxygen atoms in total. The van der Waals surface area contributed by atoms with E-state index < -0.39 is 5.60 Å². The first-order chi connectivity index (χ1) is 9.02. The smallest absolute Gasteiger partial charge is 0.0855 e. The van der Waals surface area contributed by atoms with Gasteiger partial charge in [0.05, 0.1) is 18.3 Å². The van der Waals surface area contributed by atoms with E-state index in [9.17, 15) is 5.11 Å². The van der Waals surface area contributed by atoms with Crippen LogP contribution in [-0.4, -0.2) is 17.3 Å². The maximum absolute atomic E-state index is 11.0. The Morgan fingerprint density at radius 1 is 1.26 bits per heavy atom. The molecule has 0 spiro atoms. The lowest BCUT2D eigenvalue weighted by Gasteiger charge is -2.40. The van der Waals surface area contributed by atoms with Crippen molar-refractivity contribution < 1.29 is 9.84 Å². The molecule has 1 aliphatic heterocycles. The van der Waals surface area contributed by atoms with E-state index >= 15 is 0 Å². The highest BCUT2D eigenvalue weighted by Crippen LogP contribution is 2.51. The van der Waals surface area contributed by atoms with Crippen molar-refractivity contribution in [2.45, 2.75) is 57.7 Å². The number of benzene rings is 1. The summed E-state index contributed by atoms with van der Waals surface area (Å²) in [5, 5.41) is 11.0. The topological polar surface area (TPSA) is 29.5 Å². The molecule has 1 heterocycles. The fraction of sp³-hybridized carbons (Fsp3) is 0.647. The van der Waals surface area contributed by atoms with Gasteiger partial charge in [-0.3, -0.25) is 0 Å². The Morgan fingerprint density at radius 2 is 2.05 bits per heavy atom. The second kappa shape index (κ2) is 4.60. The van der Waals surface area contributed by atoms with Gasteiger partial charge in [-0.25, -0.2) is 0 Å². The maximum Gasteiger partial charge on any atom is 0.0855 e. The molecule has 0 aromatic heterocycles. The summed E-state index contributed by atoms with van der Waals surface area (Å²) < 4.78 is 5.96. The van der Waals surface area contributed by atoms with Gasteiger partial charge in [0.1, 0.15) is 0 Å². The van der Waals surface area contributed by atoms with E-state index in [-0.39, 0.29) is 11.5 Å². The van der Waals surface area contributed by atoms with Crippen molar-refractivity contribution in [1.29, 1.82) is 0 Å². The van der Waals surface area contributed by atoms with Gasteiger partial charge >= 0.3 is 0 Å². The molecule has 1 N–H and O–H groups in total. The fourth-order valence-corrected chi connectivity index (χ4v) is 3.72. The van der Waals surface area contributed by atoms with Gasteiger partial charge in [-0.2, -0.15) is 0 Å². The highest BCUT2D eigenvalue weighted by molar-refractivity contribution is 5.31. The van der Waals surface area contributed by atoms with Crippen LogP contribution in [0, 0.1) is 5.41 Å². The molecule has 2 aliphatic rings. The Bertz CT molecular complexity index is 466. The Hall–Kier alpha value is -0.860. The van der Waals surface area contributed by atoms with Crippen LogP contribution in [0.5, 0.6) is 0 Å². The average molecular weight is 260 g/mol. The van der Waals surface area contributed by atoms with Crippen molar-refractivity contribution in [3.8, 4) is 0 Å². The number of ether oxygens (including phenoxy) is 1. The van der Waals surface area contributed by atoms with E-state index in [0.717, 1.165) is 38.7 Å². The summed E-state index contributed by atoms with van der Waals surface area (Å²) in [6, 6.07) is 8.51. The summed E-state index contributed by atoms with van der Waals surface area (Å²) in [7, 11) is 0. The fourth-order valence-electron chi connectivity index (χ4n) is 3.72. The molecular weight excluding hydrogens is 236 g/mol. The van der Waals surface area contributed by atoms with Crippen molar-refractivity contribution in [3.05, 3.63) is 35.4 Å². The molecule has 19 heavy (non-hydrogen) atoms. The van der Waals surface area contributed by atoms with Gasteiger partial charge in [0.25, 0.3) is 0 Å². The second-order valence-electron chi connectivity index (χ2n) is 6.78. The quantitative estimate of drug-likeness (QED) is 0.880. The predicted octanol–water partition coefficient (Wildman–Crippen LogP) is 3.63. The largest absolute Gasteiger partial charge is 0.389 e. The lowest BCUT2D eigenvalue weighted by atomic mass is 9.73. The SMILES string of the molecule is CC1(C)CCCC1(O)CC1OCCc2ccccc21. The van der Waals surface area contributed by atoms with Crippen LogP contribution in [0.25, 0.3) is 0 Å². The van der Waals surface area contributed by atoms with Gasteiger partial charge in [0.2, 0.25) is 0 Å². The van der Waals surface area contributed by atoms with Crippen molar-refractivity contribution in [1.82, 2.24) is 0 Å². The molecule has 2 unspecified atom stereocenters. The van der Waals surface area contributed by atoms with Crippen LogP contribution in [-0.2, 0) is 11.2 Å². The maximum atomic E-state index is 11.0. The van der Waals surface area contributed by atoms with E-state index in [1.54, 1.807) is 0 Å². The molecule has 3 rings (SSSR count). The summed E-state index contributed by atoms with van der Waals surface area (Å²) in [5.74, 6) is 0. The van der Waals surface area contributed by atoms with E-state index in [1.807, 2.05) is 0 Å². The Balaban J connectivity index is 1.85. The van der Waals surface area contributed by atoms with Crippen molar-refractivity contribution in [3.63, 3.8) is 0 Å². The van der Waals surface area contributed by atoms with Crippen molar-refractivity contribution in [2.75, 3.05) is 6.61 Å². The number of aliphatic hydroxyl groups is 1. The van der Waals surface area contributed by atoms with Gasteiger partial charge < -0.3 is 9.84 Å². The first-order valence-corrected chi connectivity index (χ1v) is 7.44. The zero-order valence-electron chi connectivity index (χ0n) is 12.0. The van der Waals surface area contributed by atoms with E-state index in [4.69, 9.17) is 4.74 Å². The van der Waals surface area contributed by atoms with E-state index in [0.29, 0.717) is 0 Å². The third kappa shape index (κ3) is 2.21. The first-order valence-electron chi connectivity index (χ1n) is 7.44. The Labute approximate surface area is 115 Å². The third-order valence-electron chi connectivity index (χ3n) is 5.27. The molecule has 2 heteroatoms. The molecular formula is C17H24O2. The van der Waals surface area contributed by atoms with Gasteiger partial charge in [-0.15, -0.1) is 0 Å². The van der Waals surface area contributed by atoms with Gasteiger partial charge in [-0.05, 0) is 42.2 Å². The number of hydrogen-bond donors (Lipinski definition) is 1. The zero-order chi connectivity index (χ0) is 13.5. The van der Waals surface area contributed by atoms with Crippen LogP contribution < -0.4 is 0 Å². The lowest BCUT2D eigenvalue weighted by molar-refractivity contribution is -0.0939. The zero-order valence-corrected chi connectivity index (χ0v) is 12.0. The van der Waals surface area contributed by atoms with Crippen molar-refractivity contribution in [2.24, 2.45) is 5.41 Å². The minimum Gasteiger partial charge on any atom is -0.389 e. The standard InChI is InChI=1S/C17H24O2/c1-16(2)9-5-10-17(16,18)12-15-14-7-4-3-6-13(14)8-11-19-15/h3-4,6-7,15,18H,5,8-12H2,1-2H3. The van der Waals surface area contributed by atoms with Gasteiger partial charge in [0, 0.05) is 6.42 Å². The second-order valence-corrected chi connectivity index (χ2v) is 6.78. The summed E-state index contributed by atoms with van der Waals surface area (Å²) in [5.41, 5.74) is 2.09. The van der Waals surface area contributed by atoms with Gasteiger partial charge in [0.15, 0.2) is 0 Å². The molecule has 104 valence electrons. The molecule has 0 amide bonds. The lowest BCUT2D eigenvalue weighted by Crippen LogP contribution is -2.42. The van der Waals surface area contributed by atoms with Crippen molar-refractivity contribution >= 4 is 0 Å². The summed E-state index contributed by atoms with van der Waals surface area (Å²) in [4.78, 5) is 0. The number of hydrogen-bond acceptors (Lipinski definition) is 2. The molecule has 1 saturated carbocycles. The highest BCUT2D eigenvalue weighted by atomic mass is 16.5.